The van der Waals surface area contributed by atoms with Crippen LogP contribution < -0.4 is 21.1 Å². The third-order valence-corrected chi connectivity index (χ3v) is 7.98. The Kier molecular flexibility index (Phi) is 9.09. The van der Waals surface area contributed by atoms with Crippen molar-refractivity contribution in [3.8, 4) is 5.75 Å². The van der Waals surface area contributed by atoms with E-state index in [9.17, 15) is 38.1 Å². The van der Waals surface area contributed by atoms with Crippen LogP contribution in [0.15, 0.2) is 59.5 Å². The fourth-order valence-electron chi connectivity index (χ4n) is 4.27. The first-order chi connectivity index (χ1) is 17.8. The summed E-state index contributed by atoms with van der Waals surface area (Å²) in [4.78, 5) is 37.5. The summed E-state index contributed by atoms with van der Waals surface area (Å²) < 4.78 is 30.1. The zero-order valence-corrected chi connectivity index (χ0v) is 21.4. The van der Waals surface area contributed by atoms with E-state index in [-0.39, 0.29) is 11.3 Å². The van der Waals surface area contributed by atoms with Crippen LogP contribution in [0.1, 0.15) is 18.4 Å². The summed E-state index contributed by atoms with van der Waals surface area (Å²) in [5, 5.41) is 36.4. The number of nitrogens with one attached hydrogen (secondary N) is 2. The monoisotopic (exact) mass is 549 g/mol. The molecule has 0 aromatic heterocycles. The molecule has 38 heavy (non-hydrogen) atoms. The van der Waals surface area contributed by atoms with Gasteiger partial charge in [-0.15, -0.1) is 0 Å². The van der Waals surface area contributed by atoms with Crippen LogP contribution in [0.5, 0.6) is 5.75 Å². The highest BCUT2D eigenvalue weighted by molar-refractivity contribution is 7.92. The van der Waals surface area contributed by atoms with Gasteiger partial charge in [0.25, 0.3) is 5.91 Å². The summed E-state index contributed by atoms with van der Waals surface area (Å²) in [7, 11) is -2.51. The highest BCUT2D eigenvalue weighted by atomic mass is 32.2. The van der Waals surface area contributed by atoms with Gasteiger partial charge in [-0.1, -0.05) is 30.3 Å². The Balaban J connectivity index is 1.69. The molecule has 13 heteroatoms. The minimum atomic E-state index is -4.00. The van der Waals surface area contributed by atoms with Crippen molar-refractivity contribution >= 4 is 27.6 Å². The van der Waals surface area contributed by atoms with Gasteiger partial charge in [0.1, 0.15) is 29.2 Å². The molecule has 0 aliphatic heterocycles. The number of aliphatic hydroxyl groups is 3. The summed E-state index contributed by atoms with van der Waals surface area (Å²) in [5.74, 6) is -3.28. The second-order valence-electron chi connectivity index (χ2n) is 9.22. The number of sulfone groups is 1. The van der Waals surface area contributed by atoms with Crippen LogP contribution in [0.4, 0.5) is 0 Å². The number of primary amides is 1. The van der Waals surface area contributed by atoms with Crippen LogP contribution in [0, 0.1) is 0 Å². The standard InChI is InChI=1S/C25H31N3O9S/c1-37-16-9-7-15(8-10-16)11-18(23(26)32)28-24(33)25(34)12-19(22(31)20(29)13-25)27-21(30)14-38(35,36)17-5-3-2-4-6-17/h2-10,18-20,22,29,31,34H,11-14H2,1H3,(H2,26,32)(H,27,30)(H,28,33)/t18-,19-,20+,22+,25-/m0/s1. The Bertz CT molecular complexity index is 1250. The molecule has 1 aliphatic carbocycles. The molecule has 0 bridgehead atoms. The van der Waals surface area contributed by atoms with E-state index in [0.717, 1.165) is 0 Å². The fourth-order valence-corrected chi connectivity index (χ4v) is 5.44. The van der Waals surface area contributed by atoms with Crippen molar-refractivity contribution in [2.24, 2.45) is 5.73 Å². The van der Waals surface area contributed by atoms with Gasteiger partial charge < -0.3 is 36.4 Å². The maximum Gasteiger partial charge on any atom is 0.252 e. The Hall–Kier alpha value is -3.52. The molecule has 2 aromatic carbocycles. The number of carbonyl (C=O) groups is 3. The number of hydrogen-bond donors (Lipinski definition) is 6. The molecule has 1 aliphatic rings. The molecule has 0 saturated heterocycles. The Morgan fingerprint density at radius 3 is 2.29 bits per heavy atom. The molecule has 3 amide bonds. The van der Waals surface area contributed by atoms with Crippen molar-refractivity contribution in [1.29, 1.82) is 0 Å². The first-order valence-corrected chi connectivity index (χ1v) is 13.4. The van der Waals surface area contributed by atoms with Crippen molar-refractivity contribution in [3.05, 3.63) is 60.2 Å². The summed E-state index contributed by atoms with van der Waals surface area (Å²) in [6.45, 7) is 0. The highest BCUT2D eigenvalue weighted by Crippen LogP contribution is 2.30. The normalized spacial score (nSPS) is 24.2. The molecule has 0 spiro atoms. The molecule has 5 atom stereocenters. The number of benzene rings is 2. The van der Waals surface area contributed by atoms with Crippen LogP contribution >= 0.6 is 0 Å². The maximum atomic E-state index is 13.0. The molecular weight excluding hydrogens is 518 g/mol. The number of rotatable bonds is 10. The van der Waals surface area contributed by atoms with Gasteiger partial charge in [-0.25, -0.2) is 8.42 Å². The van der Waals surface area contributed by atoms with Gasteiger partial charge in [-0.3, -0.25) is 14.4 Å². The predicted octanol–water partition coefficient (Wildman–Crippen LogP) is -1.59. The van der Waals surface area contributed by atoms with Gasteiger partial charge in [-0.2, -0.15) is 0 Å². The number of nitrogens with two attached hydrogens (primary N) is 1. The van der Waals surface area contributed by atoms with Crippen LogP contribution in [0.2, 0.25) is 0 Å². The van der Waals surface area contributed by atoms with Crippen LogP contribution in [0.25, 0.3) is 0 Å². The number of ether oxygens (including phenoxy) is 1. The van der Waals surface area contributed by atoms with Gasteiger partial charge in [-0.05, 0) is 29.8 Å². The van der Waals surface area contributed by atoms with Crippen molar-refractivity contribution in [2.45, 2.75) is 54.1 Å². The van der Waals surface area contributed by atoms with E-state index in [1.807, 2.05) is 0 Å². The topological polar surface area (TPSA) is 205 Å². The van der Waals surface area contributed by atoms with Crippen LogP contribution in [-0.4, -0.2) is 84.2 Å². The molecule has 12 nitrogen and oxygen atoms in total. The number of aliphatic hydroxyl groups excluding tert-OH is 2. The van der Waals surface area contributed by atoms with E-state index in [2.05, 4.69) is 10.6 Å². The van der Waals surface area contributed by atoms with Crippen molar-refractivity contribution < 1.29 is 42.9 Å². The lowest BCUT2D eigenvalue weighted by molar-refractivity contribution is -0.160. The van der Waals surface area contributed by atoms with E-state index in [0.29, 0.717) is 11.3 Å². The average molecular weight is 550 g/mol. The molecule has 0 unspecified atom stereocenters. The number of methoxy groups -OCH3 is 1. The van der Waals surface area contributed by atoms with E-state index >= 15 is 0 Å². The first kappa shape index (κ1) is 29.0. The molecule has 0 heterocycles. The Morgan fingerprint density at radius 1 is 1.08 bits per heavy atom. The SMILES string of the molecule is COc1ccc(C[C@H](NC(=O)[C@@]2(O)C[C@@H](O)[C@H](O)[C@@H](NC(=O)CS(=O)(=O)c3ccccc3)C2)C(N)=O)cc1. The van der Waals surface area contributed by atoms with Gasteiger partial charge in [0, 0.05) is 19.3 Å². The summed E-state index contributed by atoms with van der Waals surface area (Å²) in [5.41, 5.74) is 3.79. The smallest absolute Gasteiger partial charge is 0.252 e. The fraction of sp³-hybridized carbons (Fsp3) is 0.400. The minimum absolute atomic E-state index is 0.00381. The third kappa shape index (κ3) is 7.07. The molecular formula is C25H31N3O9S. The van der Waals surface area contributed by atoms with E-state index in [1.54, 1.807) is 30.3 Å². The van der Waals surface area contributed by atoms with Crippen LogP contribution in [0.3, 0.4) is 0 Å². The highest BCUT2D eigenvalue weighted by Gasteiger charge is 2.49. The number of hydrogen-bond acceptors (Lipinski definition) is 9. The minimum Gasteiger partial charge on any atom is -0.497 e. The largest absolute Gasteiger partial charge is 0.497 e. The molecule has 0 radical (unpaired) electrons. The zero-order valence-electron chi connectivity index (χ0n) is 20.6. The lowest BCUT2D eigenvalue weighted by Gasteiger charge is -2.41. The molecule has 1 fully saturated rings. The Morgan fingerprint density at radius 2 is 1.71 bits per heavy atom. The summed E-state index contributed by atoms with van der Waals surface area (Å²) in [6, 6.07) is 11.4. The molecule has 206 valence electrons. The van der Waals surface area contributed by atoms with E-state index < -0.39 is 76.0 Å². The van der Waals surface area contributed by atoms with Crippen molar-refractivity contribution in [3.63, 3.8) is 0 Å². The average Bonchev–Trinajstić information content (AvgIpc) is 2.87. The predicted molar refractivity (Wildman–Crippen MR) is 134 cm³/mol. The van der Waals surface area contributed by atoms with Crippen molar-refractivity contribution in [2.75, 3.05) is 12.9 Å². The van der Waals surface area contributed by atoms with Gasteiger partial charge in [0.15, 0.2) is 9.84 Å². The van der Waals surface area contributed by atoms with E-state index in [4.69, 9.17) is 10.5 Å². The molecule has 1 saturated carbocycles. The lowest BCUT2D eigenvalue weighted by Crippen LogP contribution is -2.64. The second-order valence-corrected chi connectivity index (χ2v) is 11.2. The van der Waals surface area contributed by atoms with Crippen molar-refractivity contribution in [1.82, 2.24) is 10.6 Å². The van der Waals surface area contributed by atoms with Gasteiger partial charge >= 0.3 is 0 Å². The summed E-state index contributed by atoms with van der Waals surface area (Å²) >= 11 is 0. The van der Waals surface area contributed by atoms with E-state index in [1.165, 1.54) is 31.4 Å². The quantitative estimate of drug-likeness (QED) is 0.202. The van der Waals surface area contributed by atoms with Crippen LogP contribution in [-0.2, 0) is 30.6 Å². The third-order valence-electron chi connectivity index (χ3n) is 6.35. The summed E-state index contributed by atoms with van der Waals surface area (Å²) in [6.07, 6.45) is -4.36. The molecule has 3 rings (SSSR count). The molecule has 7 N–H and O–H groups in total. The maximum absolute atomic E-state index is 13.0. The lowest BCUT2D eigenvalue weighted by atomic mass is 9.77. The first-order valence-electron chi connectivity index (χ1n) is 11.7. The molecule has 2 aromatic rings. The number of amides is 3. The van der Waals surface area contributed by atoms with Gasteiger partial charge in [0.05, 0.1) is 24.2 Å². The number of carbonyl (C=O) groups excluding carboxylic acids is 3. The van der Waals surface area contributed by atoms with Gasteiger partial charge in [0.2, 0.25) is 11.8 Å². The second kappa shape index (κ2) is 11.9. The Labute approximate surface area is 219 Å². The zero-order chi connectivity index (χ0) is 28.1.